The summed E-state index contributed by atoms with van der Waals surface area (Å²) in [6.07, 6.45) is 0. The molecule has 0 radical (unpaired) electrons. The highest BCUT2D eigenvalue weighted by Gasteiger charge is 2.39. The van der Waals surface area contributed by atoms with E-state index in [-0.39, 0.29) is 28.2 Å². The topological polar surface area (TPSA) is 125 Å². The zero-order chi connectivity index (χ0) is 20.7. The molecule has 0 saturated heterocycles. The van der Waals surface area contributed by atoms with Crippen molar-refractivity contribution in [2.45, 2.75) is 12.8 Å². The van der Waals surface area contributed by atoms with Gasteiger partial charge in [-0.05, 0) is 6.92 Å². The third-order valence-electron chi connectivity index (χ3n) is 4.84. The molecule has 28 heavy (non-hydrogen) atoms. The van der Waals surface area contributed by atoms with Crippen LogP contribution in [0.25, 0.3) is 0 Å². The standard InChI is InChI=1S/C18H18N4O6/c1-9-12(17(24)28-4)13(10-7-5-6-8-11(10)22(26)27)14-15(19-9)20(2)18(25)21(3)16(14)23/h5-8,13,19H,1-4H3/t13-/m0/s1. The molecule has 0 saturated carbocycles. The molecule has 1 aliphatic rings. The molecular weight excluding hydrogens is 368 g/mol. The van der Waals surface area contributed by atoms with E-state index in [1.165, 1.54) is 44.0 Å². The minimum atomic E-state index is -1.07. The second-order valence-corrected chi connectivity index (χ2v) is 6.37. The lowest BCUT2D eigenvalue weighted by atomic mass is 9.81. The number of carbonyl (C=O) groups excluding carboxylic acids is 1. The number of benzene rings is 1. The van der Waals surface area contributed by atoms with Gasteiger partial charge in [0, 0.05) is 31.4 Å². The number of para-hydroxylation sites is 1. The monoisotopic (exact) mass is 386 g/mol. The van der Waals surface area contributed by atoms with Crippen LogP contribution in [0.2, 0.25) is 0 Å². The van der Waals surface area contributed by atoms with Crippen molar-refractivity contribution in [1.82, 2.24) is 9.13 Å². The van der Waals surface area contributed by atoms with Gasteiger partial charge in [0.2, 0.25) is 0 Å². The van der Waals surface area contributed by atoms with Crippen molar-refractivity contribution in [2.24, 2.45) is 14.1 Å². The molecule has 1 N–H and O–H groups in total. The van der Waals surface area contributed by atoms with Crippen LogP contribution in [0.1, 0.15) is 24.0 Å². The van der Waals surface area contributed by atoms with Gasteiger partial charge in [-0.1, -0.05) is 18.2 Å². The molecule has 1 aliphatic heterocycles. The van der Waals surface area contributed by atoms with Gasteiger partial charge >= 0.3 is 11.7 Å². The molecule has 0 fully saturated rings. The predicted molar refractivity (Wildman–Crippen MR) is 100 cm³/mol. The van der Waals surface area contributed by atoms with Crippen molar-refractivity contribution >= 4 is 17.5 Å². The van der Waals surface area contributed by atoms with Crippen LogP contribution in [-0.4, -0.2) is 27.1 Å². The Labute approximate surface area is 158 Å². The van der Waals surface area contributed by atoms with E-state index in [1.807, 2.05) is 0 Å². The number of nitrogens with zero attached hydrogens (tertiary/aromatic N) is 3. The lowest BCUT2D eigenvalue weighted by molar-refractivity contribution is -0.385. The number of aromatic nitrogens is 2. The number of carbonyl (C=O) groups is 1. The summed E-state index contributed by atoms with van der Waals surface area (Å²) in [5.74, 6) is -1.62. The summed E-state index contributed by atoms with van der Waals surface area (Å²) in [5, 5.41) is 14.5. The second kappa shape index (κ2) is 6.80. The van der Waals surface area contributed by atoms with E-state index < -0.39 is 28.1 Å². The van der Waals surface area contributed by atoms with Crippen molar-refractivity contribution in [1.29, 1.82) is 0 Å². The van der Waals surface area contributed by atoms with E-state index in [1.54, 1.807) is 13.0 Å². The largest absolute Gasteiger partial charge is 0.466 e. The Hall–Kier alpha value is -3.69. The maximum atomic E-state index is 13.0. The van der Waals surface area contributed by atoms with E-state index in [0.29, 0.717) is 5.70 Å². The Bertz CT molecular complexity index is 1160. The Morgan fingerprint density at radius 1 is 1.21 bits per heavy atom. The fraction of sp³-hybridized carbons (Fsp3) is 0.278. The SMILES string of the molecule is COC(=O)C1=C(C)Nc2c(c(=O)n(C)c(=O)n2C)[C@H]1c1ccccc1[N+](=O)[O-]. The first-order chi connectivity index (χ1) is 13.2. The molecule has 146 valence electrons. The zero-order valence-corrected chi connectivity index (χ0v) is 15.7. The summed E-state index contributed by atoms with van der Waals surface area (Å²) in [6, 6.07) is 5.87. The highest BCUT2D eigenvalue weighted by Crippen LogP contribution is 2.42. The number of rotatable bonds is 3. The van der Waals surface area contributed by atoms with Crippen molar-refractivity contribution in [2.75, 3.05) is 12.4 Å². The molecule has 0 unspecified atom stereocenters. The van der Waals surface area contributed by atoms with Crippen LogP contribution in [-0.2, 0) is 23.6 Å². The maximum Gasteiger partial charge on any atom is 0.336 e. The average molecular weight is 386 g/mol. The number of hydrogen-bond acceptors (Lipinski definition) is 7. The van der Waals surface area contributed by atoms with Crippen LogP contribution in [0.5, 0.6) is 0 Å². The highest BCUT2D eigenvalue weighted by molar-refractivity contribution is 5.94. The number of nitro benzene ring substituents is 1. The second-order valence-electron chi connectivity index (χ2n) is 6.37. The van der Waals surface area contributed by atoms with Gasteiger partial charge in [0.25, 0.3) is 11.2 Å². The highest BCUT2D eigenvalue weighted by atomic mass is 16.6. The van der Waals surface area contributed by atoms with Crippen LogP contribution in [0, 0.1) is 10.1 Å². The van der Waals surface area contributed by atoms with Gasteiger partial charge in [0.1, 0.15) is 5.82 Å². The van der Waals surface area contributed by atoms with E-state index in [9.17, 15) is 24.5 Å². The normalized spacial score (nSPS) is 15.6. The Morgan fingerprint density at radius 2 is 1.86 bits per heavy atom. The number of fused-ring (bicyclic) bond motifs is 1. The van der Waals surface area contributed by atoms with Crippen molar-refractivity contribution in [3.63, 3.8) is 0 Å². The van der Waals surface area contributed by atoms with Crippen LogP contribution >= 0.6 is 0 Å². The number of hydrogen-bond donors (Lipinski definition) is 1. The van der Waals surface area contributed by atoms with Crippen molar-refractivity contribution in [3.05, 3.63) is 77.6 Å². The van der Waals surface area contributed by atoms with Gasteiger partial charge in [-0.2, -0.15) is 0 Å². The van der Waals surface area contributed by atoms with Gasteiger partial charge in [-0.15, -0.1) is 0 Å². The molecule has 1 aromatic heterocycles. The zero-order valence-electron chi connectivity index (χ0n) is 15.7. The molecule has 0 amide bonds. The fourth-order valence-electron chi connectivity index (χ4n) is 3.48. The number of allylic oxidation sites excluding steroid dienone is 1. The van der Waals surface area contributed by atoms with Gasteiger partial charge < -0.3 is 10.1 Å². The fourth-order valence-corrected chi connectivity index (χ4v) is 3.48. The van der Waals surface area contributed by atoms with Gasteiger partial charge in [0.05, 0.1) is 29.1 Å². The van der Waals surface area contributed by atoms with E-state index in [0.717, 1.165) is 4.57 Å². The first-order valence-corrected chi connectivity index (χ1v) is 8.30. The lowest BCUT2D eigenvalue weighted by Gasteiger charge is -2.30. The van der Waals surface area contributed by atoms with Crippen molar-refractivity contribution < 1.29 is 14.5 Å². The summed E-state index contributed by atoms with van der Waals surface area (Å²) in [5.41, 5.74) is -0.832. The molecule has 0 bridgehead atoms. The summed E-state index contributed by atoms with van der Waals surface area (Å²) in [7, 11) is 3.97. The third kappa shape index (κ3) is 2.70. The van der Waals surface area contributed by atoms with Crippen LogP contribution in [0.4, 0.5) is 11.5 Å². The first-order valence-electron chi connectivity index (χ1n) is 8.30. The molecule has 10 nitrogen and oxygen atoms in total. The minimum absolute atomic E-state index is 0.0601. The van der Waals surface area contributed by atoms with Crippen LogP contribution < -0.4 is 16.6 Å². The summed E-state index contributed by atoms with van der Waals surface area (Å²) in [6.45, 7) is 1.58. The molecule has 1 aromatic carbocycles. The molecule has 2 aromatic rings. The number of methoxy groups -OCH3 is 1. The molecule has 3 rings (SSSR count). The van der Waals surface area contributed by atoms with E-state index >= 15 is 0 Å². The maximum absolute atomic E-state index is 13.0. The number of nitro groups is 1. The third-order valence-corrected chi connectivity index (χ3v) is 4.84. The molecule has 10 heteroatoms. The number of esters is 1. The quantitative estimate of drug-likeness (QED) is 0.474. The van der Waals surface area contributed by atoms with Gasteiger partial charge in [0.15, 0.2) is 0 Å². The first kappa shape index (κ1) is 19.1. The van der Waals surface area contributed by atoms with Crippen LogP contribution in [0.3, 0.4) is 0 Å². The number of anilines is 1. The number of ether oxygens (including phenoxy) is 1. The molecule has 2 heterocycles. The molecule has 0 spiro atoms. The minimum Gasteiger partial charge on any atom is -0.466 e. The van der Waals surface area contributed by atoms with Crippen LogP contribution in [0.15, 0.2) is 45.1 Å². The predicted octanol–water partition coefficient (Wildman–Crippen LogP) is 0.997. The molecule has 1 atom stereocenters. The molecule has 0 aliphatic carbocycles. The number of nitrogens with one attached hydrogen (secondary N) is 1. The molecular formula is C18H18N4O6. The Morgan fingerprint density at radius 3 is 2.46 bits per heavy atom. The van der Waals surface area contributed by atoms with Crippen molar-refractivity contribution in [3.8, 4) is 0 Å². The Kier molecular flexibility index (Phi) is 4.63. The average Bonchev–Trinajstić information content (AvgIpc) is 2.69. The lowest BCUT2D eigenvalue weighted by Crippen LogP contribution is -2.43. The van der Waals surface area contributed by atoms with E-state index in [4.69, 9.17) is 4.74 Å². The van der Waals surface area contributed by atoms with Gasteiger partial charge in [-0.25, -0.2) is 9.59 Å². The summed E-state index contributed by atoms with van der Waals surface area (Å²) >= 11 is 0. The Balaban J connectivity index is 2.49. The summed E-state index contributed by atoms with van der Waals surface area (Å²) in [4.78, 5) is 48.9. The summed E-state index contributed by atoms with van der Waals surface area (Å²) < 4.78 is 7.00. The van der Waals surface area contributed by atoms with Gasteiger partial charge in [-0.3, -0.25) is 24.0 Å². The van der Waals surface area contributed by atoms with E-state index in [2.05, 4.69) is 5.32 Å². The smallest absolute Gasteiger partial charge is 0.336 e.